The van der Waals surface area contributed by atoms with Crippen molar-refractivity contribution in [3.05, 3.63) is 40.2 Å². The molecule has 0 amide bonds. The number of aldehydes is 1. The zero-order chi connectivity index (χ0) is 9.68. The van der Waals surface area contributed by atoms with Crippen molar-refractivity contribution in [1.29, 1.82) is 0 Å². The summed E-state index contributed by atoms with van der Waals surface area (Å²) in [4.78, 5) is 23.4. The molecular formula is C8H6N2O3. The summed E-state index contributed by atoms with van der Waals surface area (Å²) in [6, 6.07) is 2.80. The fraction of sp³-hybridized carbons (Fsp3) is 0. The molecule has 0 aliphatic carbocycles. The normalized spacial score (nSPS) is 10.2. The van der Waals surface area contributed by atoms with Crippen LogP contribution in [0, 0.1) is 10.1 Å². The van der Waals surface area contributed by atoms with Crippen molar-refractivity contribution in [2.75, 3.05) is 0 Å². The van der Waals surface area contributed by atoms with Crippen molar-refractivity contribution >= 4 is 18.0 Å². The fourth-order valence-corrected chi connectivity index (χ4v) is 0.742. The summed E-state index contributed by atoms with van der Waals surface area (Å²) >= 11 is 0. The van der Waals surface area contributed by atoms with E-state index in [9.17, 15) is 14.9 Å². The average molecular weight is 178 g/mol. The zero-order valence-electron chi connectivity index (χ0n) is 6.58. The molecule has 0 radical (unpaired) electrons. The van der Waals surface area contributed by atoms with Crippen molar-refractivity contribution in [3.8, 4) is 0 Å². The number of hydrogen-bond acceptors (Lipinski definition) is 4. The van der Waals surface area contributed by atoms with E-state index < -0.39 is 4.92 Å². The minimum atomic E-state index is -0.528. The maximum atomic E-state index is 10.2. The van der Waals surface area contributed by atoms with E-state index in [2.05, 4.69) is 4.98 Å². The van der Waals surface area contributed by atoms with E-state index in [1.54, 1.807) is 0 Å². The van der Waals surface area contributed by atoms with Gasteiger partial charge in [-0.3, -0.25) is 14.9 Å². The van der Waals surface area contributed by atoms with Gasteiger partial charge in [0, 0.05) is 6.07 Å². The number of allylic oxidation sites excluding steroid dienone is 1. The Morgan fingerprint density at radius 1 is 1.46 bits per heavy atom. The molecule has 0 saturated carbocycles. The number of nitro groups is 1. The number of carbonyl (C=O) groups excluding carboxylic acids is 1. The summed E-state index contributed by atoms with van der Waals surface area (Å²) in [6.07, 6.45) is 4.50. The second kappa shape index (κ2) is 4.10. The molecule has 5 heteroatoms. The van der Waals surface area contributed by atoms with Crippen LogP contribution in [0.25, 0.3) is 6.08 Å². The van der Waals surface area contributed by atoms with Gasteiger partial charge >= 0.3 is 0 Å². The van der Waals surface area contributed by atoms with Gasteiger partial charge < -0.3 is 0 Å². The smallest absolute Gasteiger partial charge is 0.287 e. The lowest BCUT2D eigenvalue weighted by Crippen LogP contribution is -1.89. The van der Waals surface area contributed by atoms with E-state index in [1.807, 2.05) is 0 Å². The molecule has 0 aliphatic rings. The van der Waals surface area contributed by atoms with Crippen LogP contribution in [0.2, 0.25) is 0 Å². The third kappa shape index (κ3) is 2.48. The number of aromatic nitrogens is 1. The molecule has 0 N–H and O–H groups in total. The van der Waals surface area contributed by atoms with Gasteiger partial charge in [0.25, 0.3) is 5.69 Å². The monoisotopic (exact) mass is 178 g/mol. The highest BCUT2D eigenvalue weighted by Crippen LogP contribution is 2.09. The summed E-state index contributed by atoms with van der Waals surface area (Å²) in [5, 5.41) is 10.2. The summed E-state index contributed by atoms with van der Waals surface area (Å²) < 4.78 is 0. The highest BCUT2D eigenvalue weighted by molar-refractivity contribution is 5.72. The first-order valence-electron chi connectivity index (χ1n) is 3.46. The quantitative estimate of drug-likeness (QED) is 0.301. The van der Waals surface area contributed by atoms with E-state index in [4.69, 9.17) is 0 Å². The Bertz CT molecular complexity index is 343. The lowest BCUT2D eigenvalue weighted by Gasteiger charge is -1.91. The Morgan fingerprint density at radius 3 is 2.69 bits per heavy atom. The summed E-state index contributed by atoms with van der Waals surface area (Å²) in [5.41, 5.74) is 0.445. The molecule has 0 saturated heterocycles. The van der Waals surface area contributed by atoms with Crippen LogP contribution >= 0.6 is 0 Å². The second-order valence-corrected chi connectivity index (χ2v) is 2.19. The number of carbonyl (C=O) groups is 1. The van der Waals surface area contributed by atoms with Crippen LogP contribution in [0.15, 0.2) is 24.4 Å². The van der Waals surface area contributed by atoms with Crippen molar-refractivity contribution in [2.45, 2.75) is 0 Å². The highest BCUT2D eigenvalue weighted by atomic mass is 16.6. The van der Waals surface area contributed by atoms with Crippen LogP contribution in [0.1, 0.15) is 5.69 Å². The molecule has 1 aromatic heterocycles. The predicted molar refractivity (Wildman–Crippen MR) is 46.0 cm³/mol. The van der Waals surface area contributed by atoms with Gasteiger partial charge in [-0.2, -0.15) is 0 Å². The van der Waals surface area contributed by atoms with Crippen LogP contribution in [-0.2, 0) is 4.79 Å². The van der Waals surface area contributed by atoms with E-state index in [1.165, 1.54) is 24.3 Å². The largest absolute Gasteiger partial charge is 0.299 e. The summed E-state index contributed by atoms with van der Waals surface area (Å²) in [5.74, 6) is 0. The van der Waals surface area contributed by atoms with Gasteiger partial charge in [0.2, 0.25) is 0 Å². The van der Waals surface area contributed by atoms with E-state index in [-0.39, 0.29) is 5.69 Å². The Labute approximate surface area is 73.9 Å². The zero-order valence-corrected chi connectivity index (χ0v) is 6.58. The highest BCUT2D eigenvalue weighted by Gasteiger charge is 2.02. The molecule has 5 nitrogen and oxygen atoms in total. The van der Waals surface area contributed by atoms with Crippen molar-refractivity contribution in [1.82, 2.24) is 4.98 Å². The molecule has 13 heavy (non-hydrogen) atoms. The number of nitrogens with zero attached hydrogens (tertiary/aromatic N) is 2. The van der Waals surface area contributed by atoms with Crippen LogP contribution in [0.5, 0.6) is 0 Å². The van der Waals surface area contributed by atoms with Gasteiger partial charge in [-0.25, -0.2) is 4.98 Å². The molecule has 1 heterocycles. The first-order valence-corrected chi connectivity index (χ1v) is 3.46. The van der Waals surface area contributed by atoms with Gasteiger partial charge in [-0.15, -0.1) is 0 Å². The topological polar surface area (TPSA) is 73.1 Å². The minimum Gasteiger partial charge on any atom is -0.299 e. The summed E-state index contributed by atoms with van der Waals surface area (Å²) in [6.45, 7) is 0. The van der Waals surface area contributed by atoms with Crippen molar-refractivity contribution < 1.29 is 9.72 Å². The minimum absolute atomic E-state index is 0.0664. The van der Waals surface area contributed by atoms with Gasteiger partial charge in [-0.1, -0.05) is 0 Å². The number of hydrogen-bond donors (Lipinski definition) is 0. The molecule has 1 rings (SSSR count). The van der Waals surface area contributed by atoms with Gasteiger partial charge in [0.05, 0.1) is 10.6 Å². The van der Waals surface area contributed by atoms with Gasteiger partial charge in [0.15, 0.2) is 0 Å². The molecule has 0 spiro atoms. The molecular weight excluding hydrogens is 172 g/mol. The molecule has 0 aliphatic heterocycles. The van der Waals surface area contributed by atoms with E-state index >= 15 is 0 Å². The molecule has 0 atom stereocenters. The molecule has 0 fully saturated rings. The van der Waals surface area contributed by atoms with Crippen LogP contribution in [-0.4, -0.2) is 16.2 Å². The first kappa shape index (κ1) is 9.05. The number of pyridine rings is 1. The van der Waals surface area contributed by atoms with Crippen LogP contribution in [0.4, 0.5) is 5.69 Å². The molecule has 1 aromatic rings. The maximum Gasteiger partial charge on any atom is 0.287 e. The third-order valence-corrected chi connectivity index (χ3v) is 1.33. The average Bonchev–Trinajstić information content (AvgIpc) is 2.15. The van der Waals surface area contributed by atoms with Gasteiger partial charge in [-0.05, 0) is 18.2 Å². The standard InChI is InChI=1S/C8H6N2O3/c11-5-1-2-7-3-4-8(6-9-7)10(12)13/h1-6H. The van der Waals surface area contributed by atoms with Crippen LogP contribution < -0.4 is 0 Å². The van der Waals surface area contributed by atoms with E-state index in [0.717, 1.165) is 6.20 Å². The molecule has 0 aromatic carbocycles. The Balaban J connectivity index is 2.87. The number of rotatable bonds is 3. The lowest BCUT2D eigenvalue weighted by molar-refractivity contribution is -0.385. The molecule has 0 bridgehead atoms. The third-order valence-electron chi connectivity index (χ3n) is 1.33. The Kier molecular flexibility index (Phi) is 2.86. The van der Waals surface area contributed by atoms with E-state index in [0.29, 0.717) is 12.0 Å². The van der Waals surface area contributed by atoms with Crippen LogP contribution in [0.3, 0.4) is 0 Å². The lowest BCUT2D eigenvalue weighted by atomic mass is 10.3. The SMILES string of the molecule is O=CC=Cc1ccc([N+](=O)[O-])cn1. The first-order chi connectivity index (χ1) is 6.24. The Hall–Kier alpha value is -2.04. The molecule has 0 unspecified atom stereocenters. The second-order valence-electron chi connectivity index (χ2n) is 2.19. The van der Waals surface area contributed by atoms with Crippen molar-refractivity contribution in [2.24, 2.45) is 0 Å². The summed E-state index contributed by atoms with van der Waals surface area (Å²) in [7, 11) is 0. The molecule has 66 valence electrons. The van der Waals surface area contributed by atoms with Gasteiger partial charge in [0.1, 0.15) is 12.5 Å². The fourth-order valence-electron chi connectivity index (χ4n) is 0.742. The maximum absolute atomic E-state index is 10.2. The van der Waals surface area contributed by atoms with Crippen molar-refractivity contribution in [3.63, 3.8) is 0 Å². The Morgan fingerprint density at radius 2 is 2.23 bits per heavy atom. The predicted octanol–water partition coefficient (Wildman–Crippen LogP) is 1.20.